The van der Waals surface area contributed by atoms with Gasteiger partial charge in [-0.15, -0.1) is 0 Å². The first-order valence-electron chi connectivity index (χ1n) is 12.8. The van der Waals surface area contributed by atoms with E-state index in [1.807, 2.05) is 29.2 Å². The first-order valence-corrected chi connectivity index (χ1v) is 13.2. The van der Waals surface area contributed by atoms with E-state index in [2.05, 4.69) is 5.32 Å². The van der Waals surface area contributed by atoms with Gasteiger partial charge in [0.2, 0.25) is 5.91 Å². The Morgan fingerprint density at radius 1 is 1.11 bits per heavy atom. The number of nitrogens with one attached hydrogen (secondary N) is 1. The highest BCUT2D eigenvalue weighted by Gasteiger charge is 2.55. The second kappa shape index (κ2) is 11.0. The lowest BCUT2D eigenvalue weighted by molar-refractivity contribution is -0.273. The van der Waals surface area contributed by atoms with Gasteiger partial charge in [0.25, 0.3) is 0 Å². The quantitative estimate of drug-likeness (QED) is 0.544. The highest BCUT2D eigenvalue weighted by molar-refractivity contribution is 6.30. The van der Waals surface area contributed by atoms with Crippen molar-refractivity contribution in [1.82, 2.24) is 10.2 Å². The SMILES string of the molecule is O=C(NCC(CC1CCOCC1)N1CCC(O)(C(F)(F)F)CC1)C1(c2ccc(Cl)cc2)CCCC1. The van der Waals surface area contributed by atoms with Gasteiger partial charge in [0.05, 0.1) is 5.41 Å². The molecule has 1 aromatic rings. The van der Waals surface area contributed by atoms with E-state index in [1.54, 1.807) is 0 Å². The molecule has 196 valence electrons. The molecule has 1 unspecified atom stereocenters. The first kappa shape index (κ1) is 26.7. The van der Waals surface area contributed by atoms with Crippen molar-refractivity contribution in [3.05, 3.63) is 34.9 Å². The van der Waals surface area contributed by atoms with Crippen LogP contribution in [0.15, 0.2) is 24.3 Å². The Bertz CT molecular complexity index is 844. The molecule has 1 amide bonds. The zero-order chi connectivity index (χ0) is 25.1. The number of ether oxygens (including phenoxy) is 1. The molecule has 3 aliphatic rings. The molecular formula is C26H36ClF3N2O3. The average Bonchev–Trinajstić information content (AvgIpc) is 3.34. The van der Waals surface area contributed by atoms with Crippen LogP contribution in [0, 0.1) is 5.92 Å². The predicted octanol–water partition coefficient (Wildman–Crippen LogP) is 4.84. The minimum Gasteiger partial charge on any atom is -0.381 e. The summed E-state index contributed by atoms with van der Waals surface area (Å²) in [6.45, 7) is 2.08. The van der Waals surface area contributed by atoms with E-state index in [4.69, 9.17) is 16.3 Å². The van der Waals surface area contributed by atoms with Crippen LogP contribution >= 0.6 is 11.6 Å². The first-order chi connectivity index (χ1) is 16.6. The smallest absolute Gasteiger partial charge is 0.381 e. The van der Waals surface area contributed by atoms with Gasteiger partial charge in [0.15, 0.2) is 5.60 Å². The van der Waals surface area contributed by atoms with Crippen molar-refractivity contribution in [1.29, 1.82) is 0 Å². The van der Waals surface area contributed by atoms with Crippen molar-refractivity contribution in [2.24, 2.45) is 5.92 Å². The van der Waals surface area contributed by atoms with Crippen LogP contribution in [-0.4, -0.2) is 66.6 Å². The van der Waals surface area contributed by atoms with Crippen molar-refractivity contribution in [2.75, 3.05) is 32.8 Å². The van der Waals surface area contributed by atoms with E-state index in [0.717, 1.165) is 50.5 Å². The third-order valence-electron chi connectivity index (χ3n) is 8.40. The van der Waals surface area contributed by atoms with Crippen LogP contribution in [0.25, 0.3) is 0 Å². The van der Waals surface area contributed by atoms with Crippen LogP contribution in [0.4, 0.5) is 13.2 Å². The molecule has 1 aromatic carbocycles. The van der Waals surface area contributed by atoms with Crippen LogP contribution in [0.5, 0.6) is 0 Å². The maximum absolute atomic E-state index is 13.6. The van der Waals surface area contributed by atoms with Crippen LogP contribution in [0.1, 0.15) is 63.4 Å². The number of carbonyl (C=O) groups is 1. The molecule has 0 aromatic heterocycles. The molecule has 2 heterocycles. The molecule has 9 heteroatoms. The van der Waals surface area contributed by atoms with Gasteiger partial charge in [-0.25, -0.2) is 0 Å². The van der Waals surface area contributed by atoms with E-state index in [1.165, 1.54) is 0 Å². The molecule has 1 saturated carbocycles. The molecule has 35 heavy (non-hydrogen) atoms. The van der Waals surface area contributed by atoms with Gasteiger partial charge in [-0.3, -0.25) is 9.69 Å². The second-order valence-corrected chi connectivity index (χ2v) is 11.0. The van der Waals surface area contributed by atoms with Gasteiger partial charge in [0, 0.05) is 43.9 Å². The molecular weight excluding hydrogens is 481 g/mol. The van der Waals surface area contributed by atoms with Gasteiger partial charge in [-0.05, 0) is 68.6 Å². The molecule has 0 bridgehead atoms. The Morgan fingerprint density at radius 2 is 1.71 bits per heavy atom. The summed E-state index contributed by atoms with van der Waals surface area (Å²) in [5.41, 5.74) is -2.25. The summed E-state index contributed by atoms with van der Waals surface area (Å²) >= 11 is 6.07. The maximum atomic E-state index is 13.6. The average molecular weight is 517 g/mol. The minimum atomic E-state index is -4.63. The Morgan fingerprint density at radius 3 is 2.29 bits per heavy atom. The van der Waals surface area contributed by atoms with E-state index in [9.17, 15) is 23.1 Å². The van der Waals surface area contributed by atoms with Crippen molar-refractivity contribution < 1.29 is 27.8 Å². The van der Waals surface area contributed by atoms with Gasteiger partial charge < -0.3 is 15.2 Å². The van der Waals surface area contributed by atoms with Gasteiger partial charge >= 0.3 is 6.18 Å². The summed E-state index contributed by atoms with van der Waals surface area (Å²) in [6, 6.07) is 7.40. The van der Waals surface area contributed by atoms with Crippen molar-refractivity contribution in [3.8, 4) is 0 Å². The van der Waals surface area contributed by atoms with E-state index in [-0.39, 0.29) is 37.9 Å². The van der Waals surface area contributed by atoms with Gasteiger partial charge in [0.1, 0.15) is 0 Å². The summed E-state index contributed by atoms with van der Waals surface area (Å²) in [5.74, 6) is 0.392. The third kappa shape index (κ3) is 5.97. The number of benzene rings is 1. The second-order valence-electron chi connectivity index (χ2n) is 10.5. The number of likely N-dealkylation sites (tertiary alicyclic amines) is 1. The number of alkyl halides is 3. The fourth-order valence-corrected chi connectivity index (χ4v) is 6.17. The summed E-state index contributed by atoms with van der Waals surface area (Å²) in [7, 11) is 0. The fourth-order valence-electron chi connectivity index (χ4n) is 6.04. The van der Waals surface area contributed by atoms with Crippen LogP contribution in [-0.2, 0) is 14.9 Å². The lowest BCUT2D eigenvalue weighted by Crippen LogP contribution is -2.57. The fraction of sp³-hybridized carbons (Fsp3) is 0.731. The number of amides is 1. The van der Waals surface area contributed by atoms with E-state index < -0.39 is 17.2 Å². The molecule has 2 saturated heterocycles. The summed E-state index contributed by atoms with van der Waals surface area (Å²) in [4.78, 5) is 15.6. The van der Waals surface area contributed by atoms with Crippen LogP contribution in [0.2, 0.25) is 5.02 Å². The molecule has 4 rings (SSSR count). The molecule has 0 radical (unpaired) electrons. The molecule has 1 atom stereocenters. The molecule has 1 aliphatic carbocycles. The number of piperidine rings is 1. The summed E-state index contributed by atoms with van der Waals surface area (Å²) < 4.78 is 45.5. The molecule has 5 nitrogen and oxygen atoms in total. The molecule has 2 N–H and O–H groups in total. The van der Waals surface area contributed by atoms with Gasteiger partial charge in [-0.1, -0.05) is 36.6 Å². The monoisotopic (exact) mass is 516 g/mol. The topological polar surface area (TPSA) is 61.8 Å². The Kier molecular flexibility index (Phi) is 8.36. The van der Waals surface area contributed by atoms with E-state index in [0.29, 0.717) is 30.7 Å². The highest BCUT2D eigenvalue weighted by atomic mass is 35.5. The van der Waals surface area contributed by atoms with E-state index >= 15 is 0 Å². The Balaban J connectivity index is 1.45. The van der Waals surface area contributed by atoms with Crippen LogP contribution < -0.4 is 5.32 Å². The third-order valence-corrected chi connectivity index (χ3v) is 8.65. The number of carbonyl (C=O) groups excluding carboxylic acids is 1. The molecule has 0 spiro atoms. The maximum Gasteiger partial charge on any atom is 0.417 e. The number of aliphatic hydroxyl groups is 1. The summed E-state index contributed by atoms with van der Waals surface area (Å²) in [5, 5.41) is 13.9. The van der Waals surface area contributed by atoms with Gasteiger partial charge in [-0.2, -0.15) is 13.2 Å². The van der Waals surface area contributed by atoms with Crippen molar-refractivity contribution in [2.45, 2.75) is 81.0 Å². The largest absolute Gasteiger partial charge is 0.417 e. The number of halogens is 4. The normalized spacial score (nSPS) is 24.3. The van der Waals surface area contributed by atoms with Crippen LogP contribution in [0.3, 0.4) is 0 Å². The Labute approximate surface area is 210 Å². The zero-order valence-corrected chi connectivity index (χ0v) is 20.8. The number of rotatable bonds is 7. The van der Waals surface area contributed by atoms with Crippen molar-refractivity contribution in [3.63, 3.8) is 0 Å². The zero-order valence-electron chi connectivity index (χ0n) is 20.1. The number of hydrogen-bond acceptors (Lipinski definition) is 4. The number of nitrogens with zero attached hydrogens (tertiary/aromatic N) is 1. The molecule has 2 aliphatic heterocycles. The Hall–Kier alpha value is -1.35. The number of hydrogen-bond donors (Lipinski definition) is 2. The molecule has 3 fully saturated rings. The highest BCUT2D eigenvalue weighted by Crippen LogP contribution is 2.42. The lowest BCUT2D eigenvalue weighted by atomic mass is 9.78. The minimum absolute atomic E-state index is 0.0156. The predicted molar refractivity (Wildman–Crippen MR) is 128 cm³/mol. The standard InChI is InChI=1S/C26H36ClF3N2O3/c27-21-5-3-20(4-6-21)24(9-1-2-10-24)23(33)31-18-22(17-19-7-15-35-16-8-19)32-13-11-25(34,12-14-32)26(28,29)30/h3-6,19,22,34H,1-2,7-18H2,(H,31,33). The summed E-state index contributed by atoms with van der Waals surface area (Å²) in [6.07, 6.45) is 0.805. The lowest BCUT2D eigenvalue weighted by Gasteiger charge is -2.43. The van der Waals surface area contributed by atoms with Crippen molar-refractivity contribution >= 4 is 17.5 Å².